The number of halogens is 3. The highest BCUT2D eigenvalue weighted by atomic mass is 19.4. The van der Waals surface area contributed by atoms with Crippen LogP contribution >= 0.6 is 0 Å². The number of aryl methyl sites for hydroxylation is 1. The maximum Gasteiger partial charge on any atom is 0.416 e. The van der Waals surface area contributed by atoms with Crippen molar-refractivity contribution in [3.63, 3.8) is 0 Å². The van der Waals surface area contributed by atoms with Gasteiger partial charge < -0.3 is 5.32 Å². The molecule has 0 spiro atoms. The van der Waals surface area contributed by atoms with Gasteiger partial charge in [0, 0.05) is 12.2 Å². The Bertz CT molecular complexity index is 685. The van der Waals surface area contributed by atoms with E-state index in [0.717, 1.165) is 23.3 Å². The van der Waals surface area contributed by atoms with Crippen molar-refractivity contribution in [2.24, 2.45) is 0 Å². The van der Waals surface area contributed by atoms with Crippen LogP contribution in [0.25, 0.3) is 0 Å². The van der Waals surface area contributed by atoms with Crippen LogP contribution in [0, 0.1) is 18.3 Å². The van der Waals surface area contributed by atoms with Gasteiger partial charge in [0.2, 0.25) is 0 Å². The van der Waals surface area contributed by atoms with Gasteiger partial charge in [-0.15, -0.1) is 0 Å². The summed E-state index contributed by atoms with van der Waals surface area (Å²) < 4.78 is 38.1. The third-order valence-corrected chi connectivity index (χ3v) is 3.10. The molecule has 0 atom stereocenters. The van der Waals surface area contributed by atoms with E-state index in [1.807, 2.05) is 12.1 Å². The van der Waals surface area contributed by atoms with Crippen molar-refractivity contribution in [3.8, 4) is 6.07 Å². The summed E-state index contributed by atoms with van der Waals surface area (Å²) in [5, 5.41) is 11.8. The molecule has 0 aliphatic carbocycles. The topological polar surface area (TPSA) is 35.8 Å². The Morgan fingerprint density at radius 2 is 1.90 bits per heavy atom. The minimum absolute atomic E-state index is 0.359. The molecular weight excluding hydrogens is 277 g/mol. The molecule has 0 fully saturated rings. The average Bonchev–Trinajstić information content (AvgIpc) is 2.45. The SMILES string of the molecule is Cc1ccc(C(F)(F)F)cc1NCc1cccc(C#N)c1. The van der Waals surface area contributed by atoms with Crippen LogP contribution in [0.15, 0.2) is 42.5 Å². The molecule has 0 saturated carbocycles. The Kier molecular flexibility index (Phi) is 4.18. The summed E-state index contributed by atoms with van der Waals surface area (Å²) >= 11 is 0. The van der Waals surface area contributed by atoms with Crippen LogP contribution in [0.4, 0.5) is 18.9 Å². The number of nitriles is 1. The molecule has 0 saturated heterocycles. The van der Waals surface area contributed by atoms with E-state index in [4.69, 9.17) is 5.26 Å². The van der Waals surface area contributed by atoms with E-state index in [0.29, 0.717) is 17.8 Å². The van der Waals surface area contributed by atoms with Gasteiger partial charge in [0.15, 0.2) is 0 Å². The molecule has 0 aliphatic rings. The minimum Gasteiger partial charge on any atom is -0.381 e. The van der Waals surface area contributed by atoms with Crippen LogP contribution in [0.5, 0.6) is 0 Å². The molecule has 0 unspecified atom stereocenters. The van der Waals surface area contributed by atoms with Gasteiger partial charge >= 0.3 is 6.18 Å². The van der Waals surface area contributed by atoms with E-state index >= 15 is 0 Å². The normalized spacial score (nSPS) is 11.0. The van der Waals surface area contributed by atoms with E-state index in [9.17, 15) is 13.2 Å². The lowest BCUT2D eigenvalue weighted by Crippen LogP contribution is -2.07. The number of nitrogens with one attached hydrogen (secondary N) is 1. The van der Waals surface area contributed by atoms with Crippen molar-refractivity contribution < 1.29 is 13.2 Å². The maximum atomic E-state index is 12.7. The molecule has 108 valence electrons. The summed E-state index contributed by atoms with van der Waals surface area (Å²) in [6, 6.07) is 12.6. The van der Waals surface area contributed by atoms with Crippen LogP contribution in [0.3, 0.4) is 0 Å². The summed E-state index contributed by atoms with van der Waals surface area (Å²) in [4.78, 5) is 0. The second-order valence-corrected chi connectivity index (χ2v) is 4.69. The Hall–Kier alpha value is -2.48. The first-order valence-electron chi connectivity index (χ1n) is 6.31. The number of hydrogen-bond donors (Lipinski definition) is 1. The van der Waals surface area contributed by atoms with Crippen molar-refractivity contribution in [1.29, 1.82) is 5.26 Å². The van der Waals surface area contributed by atoms with Gasteiger partial charge in [0.25, 0.3) is 0 Å². The molecule has 0 amide bonds. The molecule has 0 radical (unpaired) electrons. The molecule has 2 aromatic rings. The monoisotopic (exact) mass is 290 g/mol. The molecule has 2 nitrogen and oxygen atoms in total. The van der Waals surface area contributed by atoms with Gasteiger partial charge in [-0.3, -0.25) is 0 Å². The Labute approximate surface area is 120 Å². The summed E-state index contributed by atoms with van der Waals surface area (Å²) in [7, 11) is 0. The number of benzene rings is 2. The van der Waals surface area contributed by atoms with Crippen LogP contribution in [-0.2, 0) is 12.7 Å². The van der Waals surface area contributed by atoms with Crippen LogP contribution in [0.1, 0.15) is 22.3 Å². The molecule has 2 aromatic carbocycles. The quantitative estimate of drug-likeness (QED) is 0.903. The Balaban J connectivity index is 2.18. The summed E-state index contributed by atoms with van der Waals surface area (Å²) in [6.07, 6.45) is -4.36. The second kappa shape index (κ2) is 5.88. The fourth-order valence-corrected chi connectivity index (χ4v) is 1.94. The molecule has 0 aliphatic heterocycles. The molecule has 21 heavy (non-hydrogen) atoms. The lowest BCUT2D eigenvalue weighted by Gasteiger charge is -2.13. The number of anilines is 1. The third kappa shape index (κ3) is 3.76. The third-order valence-electron chi connectivity index (χ3n) is 3.10. The zero-order valence-electron chi connectivity index (χ0n) is 11.3. The van der Waals surface area contributed by atoms with E-state index in [-0.39, 0.29) is 0 Å². The predicted octanol–water partition coefficient (Wildman–Crippen LogP) is 4.50. The Morgan fingerprint density at radius 1 is 1.14 bits per heavy atom. The van der Waals surface area contributed by atoms with Crippen LogP contribution < -0.4 is 5.32 Å². The van der Waals surface area contributed by atoms with Gasteiger partial charge in [0.1, 0.15) is 0 Å². The number of rotatable bonds is 3. The molecule has 2 rings (SSSR count). The van der Waals surface area contributed by atoms with Gasteiger partial charge in [-0.25, -0.2) is 0 Å². The van der Waals surface area contributed by atoms with E-state index in [2.05, 4.69) is 5.32 Å². The number of hydrogen-bond acceptors (Lipinski definition) is 2. The number of alkyl halides is 3. The molecule has 1 N–H and O–H groups in total. The summed E-state index contributed by atoms with van der Waals surface area (Å²) in [5.41, 5.74) is 1.86. The van der Waals surface area contributed by atoms with Gasteiger partial charge in [0.05, 0.1) is 17.2 Å². The van der Waals surface area contributed by atoms with E-state index in [1.54, 1.807) is 25.1 Å². The van der Waals surface area contributed by atoms with Crippen molar-refractivity contribution in [3.05, 3.63) is 64.7 Å². The molecule has 0 aromatic heterocycles. The zero-order chi connectivity index (χ0) is 15.5. The summed E-state index contributed by atoms with van der Waals surface area (Å²) in [5.74, 6) is 0. The first-order chi connectivity index (χ1) is 9.90. The molecule has 0 heterocycles. The number of nitrogens with zero attached hydrogens (tertiary/aromatic N) is 1. The zero-order valence-corrected chi connectivity index (χ0v) is 11.3. The van der Waals surface area contributed by atoms with Crippen LogP contribution in [0.2, 0.25) is 0 Å². The van der Waals surface area contributed by atoms with E-state index < -0.39 is 11.7 Å². The van der Waals surface area contributed by atoms with Crippen molar-refractivity contribution in [1.82, 2.24) is 0 Å². The first kappa shape index (κ1) is 14.9. The minimum atomic E-state index is -4.36. The first-order valence-corrected chi connectivity index (χ1v) is 6.31. The second-order valence-electron chi connectivity index (χ2n) is 4.69. The van der Waals surface area contributed by atoms with E-state index in [1.165, 1.54) is 6.07 Å². The lowest BCUT2D eigenvalue weighted by atomic mass is 10.1. The predicted molar refractivity (Wildman–Crippen MR) is 74.7 cm³/mol. The lowest BCUT2D eigenvalue weighted by molar-refractivity contribution is -0.137. The van der Waals surface area contributed by atoms with Crippen molar-refractivity contribution in [2.75, 3.05) is 5.32 Å². The van der Waals surface area contributed by atoms with Gasteiger partial charge in [-0.2, -0.15) is 18.4 Å². The van der Waals surface area contributed by atoms with Crippen LogP contribution in [-0.4, -0.2) is 0 Å². The fourth-order valence-electron chi connectivity index (χ4n) is 1.94. The standard InChI is InChI=1S/C16H13F3N2/c1-11-5-6-14(16(17,18)19)8-15(11)21-10-13-4-2-3-12(7-13)9-20/h2-8,21H,10H2,1H3. The van der Waals surface area contributed by atoms with Crippen molar-refractivity contribution in [2.45, 2.75) is 19.6 Å². The molecule has 5 heteroatoms. The average molecular weight is 290 g/mol. The highest BCUT2D eigenvalue weighted by Crippen LogP contribution is 2.32. The molecular formula is C16H13F3N2. The summed E-state index contributed by atoms with van der Waals surface area (Å²) in [6.45, 7) is 2.10. The smallest absolute Gasteiger partial charge is 0.381 e. The van der Waals surface area contributed by atoms with Crippen molar-refractivity contribution >= 4 is 5.69 Å². The fraction of sp³-hybridized carbons (Fsp3) is 0.188. The maximum absolute atomic E-state index is 12.7. The highest BCUT2D eigenvalue weighted by Gasteiger charge is 2.30. The Morgan fingerprint density at radius 3 is 2.57 bits per heavy atom. The van der Waals surface area contributed by atoms with Gasteiger partial charge in [-0.1, -0.05) is 18.2 Å². The highest BCUT2D eigenvalue weighted by molar-refractivity contribution is 5.53. The van der Waals surface area contributed by atoms with Gasteiger partial charge in [-0.05, 0) is 42.3 Å². The largest absolute Gasteiger partial charge is 0.416 e. The molecule has 0 bridgehead atoms.